The summed E-state index contributed by atoms with van der Waals surface area (Å²) in [4.78, 5) is 0. The van der Waals surface area contributed by atoms with Crippen LogP contribution in [0.15, 0.2) is 0 Å². The number of hydrogen-bond donors (Lipinski definition) is 0. The van der Waals surface area contributed by atoms with Crippen molar-refractivity contribution in [1.82, 2.24) is 0 Å². The summed E-state index contributed by atoms with van der Waals surface area (Å²) >= 11 is 0. The molecule has 1 nitrogen and oxygen atoms in total. The zero-order valence-corrected chi connectivity index (χ0v) is 11.2. The predicted octanol–water partition coefficient (Wildman–Crippen LogP) is 2.28. The number of unbranched alkanes of at least 4 members (excludes halogenated alkanes) is 1. The van der Waals surface area contributed by atoms with Gasteiger partial charge in [0.05, 0.1) is 0 Å². The SMILES string of the molecule is CCCCC(C)(C)CCCO[SiH3]. The highest BCUT2D eigenvalue weighted by atomic mass is 28.2. The predicted molar refractivity (Wildman–Crippen MR) is 58.4 cm³/mol. The van der Waals surface area contributed by atoms with Crippen molar-refractivity contribution >= 4 is 10.5 Å². The quantitative estimate of drug-likeness (QED) is 0.440. The van der Waals surface area contributed by atoms with E-state index in [1.54, 1.807) is 0 Å². The molecule has 0 fully saturated rings. The minimum atomic E-state index is 0.538. The van der Waals surface area contributed by atoms with Gasteiger partial charge in [-0.3, -0.25) is 0 Å². The van der Waals surface area contributed by atoms with Crippen molar-refractivity contribution in [3.63, 3.8) is 0 Å². The second kappa shape index (κ2) is 6.67. The third-order valence-corrected chi connectivity index (χ3v) is 2.82. The Bertz CT molecular complexity index is 102. The summed E-state index contributed by atoms with van der Waals surface area (Å²) in [6.07, 6.45) is 6.61. The Morgan fingerprint density at radius 2 is 1.75 bits per heavy atom. The van der Waals surface area contributed by atoms with Crippen LogP contribution in [0, 0.1) is 5.41 Å². The van der Waals surface area contributed by atoms with E-state index < -0.39 is 0 Å². The van der Waals surface area contributed by atoms with E-state index in [1.807, 2.05) is 0 Å². The monoisotopic (exact) mass is 188 g/mol. The molecule has 0 aromatic carbocycles. The topological polar surface area (TPSA) is 9.23 Å². The van der Waals surface area contributed by atoms with Crippen molar-refractivity contribution in [1.29, 1.82) is 0 Å². The van der Waals surface area contributed by atoms with Crippen molar-refractivity contribution in [3.05, 3.63) is 0 Å². The van der Waals surface area contributed by atoms with Crippen molar-refractivity contribution < 1.29 is 4.43 Å². The van der Waals surface area contributed by atoms with Crippen molar-refractivity contribution in [2.24, 2.45) is 5.41 Å². The fourth-order valence-corrected chi connectivity index (χ4v) is 1.76. The highest BCUT2D eigenvalue weighted by Gasteiger charge is 2.15. The first-order valence-electron chi connectivity index (χ1n) is 5.11. The maximum atomic E-state index is 5.18. The van der Waals surface area contributed by atoms with Gasteiger partial charge >= 0.3 is 0 Å². The standard InChI is InChI=1S/C10H24OSi/c1-4-5-7-10(2,3)8-6-9-11-12/h4-9H2,1-3,12H3. The summed E-state index contributed by atoms with van der Waals surface area (Å²) in [7, 11) is 0.893. The van der Waals surface area contributed by atoms with Gasteiger partial charge in [0, 0.05) is 6.61 Å². The van der Waals surface area contributed by atoms with Crippen LogP contribution in [0.2, 0.25) is 0 Å². The van der Waals surface area contributed by atoms with Crippen LogP contribution in [0.4, 0.5) is 0 Å². The van der Waals surface area contributed by atoms with E-state index in [0.717, 1.165) is 17.1 Å². The van der Waals surface area contributed by atoms with Gasteiger partial charge in [0.2, 0.25) is 0 Å². The Kier molecular flexibility index (Phi) is 6.77. The van der Waals surface area contributed by atoms with Crippen LogP contribution < -0.4 is 0 Å². The van der Waals surface area contributed by atoms with E-state index in [2.05, 4.69) is 20.8 Å². The van der Waals surface area contributed by atoms with E-state index in [0.29, 0.717) is 5.41 Å². The molecule has 0 unspecified atom stereocenters. The molecule has 0 aromatic heterocycles. The Morgan fingerprint density at radius 1 is 1.17 bits per heavy atom. The van der Waals surface area contributed by atoms with Gasteiger partial charge in [-0.1, -0.05) is 33.6 Å². The van der Waals surface area contributed by atoms with Gasteiger partial charge in [0.1, 0.15) is 10.5 Å². The van der Waals surface area contributed by atoms with Crippen LogP contribution in [-0.4, -0.2) is 17.1 Å². The molecule has 0 aromatic rings. The summed E-state index contributed by atoms with van der Waals surface area (Å²) in [6, 6.07) is 0. The molecule has 0 heterocycles. The molecule has 0 bridgehead atoms. The van der Waals surface area contributed by atoms with Crippen molar-refractivity contribution in [2.75, 3.05) is 6.61 Å². The average molecular weight is 188 g/mol. The Morgan fingerprint density at radius 3 is 2.25 bits per heavy atom. The second-order valence-corrected chi connectivity index (χ2v) is 4.94. The molecule has 0 aliphatic heterocycles. The van der Waals surface area contributed by atoms with Crippen LogP contribution in [0.3, 0.4) is 0 Å². The second-order valence-electron chi connectivity index (χ2n) is 4.36. The van der Waals surface area contributed by atoms with E-state index in [9.17, 15) is 0 Å². The van der Waals surface area contributed by atoms with E-state index >= 15 is 0 Å². The van der Waals surface area contributed by atoms with Crippen LogP contribution in [0.1, 0.15) is 52.9 Å². The minimum absolute atomic E-state index is 0.538. The minimum Gasteiger partial charge on any atom is -0.428 e. The molecule has 0 atom stereocenters. The smallest absolute Gasteiger partial charge is 0.145 e. The van der Waals surface area contributed by atoms with Gasteiger partial charge in [-0.25, -0.2) is 0 Å². The zero-order valence-electron chi connectivity index (χ0n) is 9.15. The lowest BCUT2D eigenvalue weighted by Crippen LogP contribution is -2.12. The summed E-state index contributed by atoms with van der Waals surface area (Å²) in [5.74, 6) is 0. The molecule has 0 saturated heterocycles. The average Bonchev–Trinajstić information content (AvgIpc) is 2.01. The third-order valence-electron chi connectivity index (χ3n) is 2.41. The zero-order chi connectivity index (χ0) is 9.45. The molecular formula is C10H24OSi. The summed E-state index contributed by atoms with van der Waals surface area (Å²) in [5, 5.41) is 0. The molecule has 0 N–H and O–H groups in total. The maximum absolute atomic E-state index is 5.18. The van der Waals surface area contributed by atoms with Gasteiger partial charge in [0.25, 0.3) is 0 Å². The maximum Gasteiger partial charge on any atom is 0.145 e. The Hall–Kier alpha value is 0.177. The van der Waals surface area contributed by atoms with Gasteiger partial charge in [-0.2, -0.15) is 0 Å². The summed E-state index contributed by atoms with van der Waals surface area (Å²) < 4.78 is 5.18. The van der Waals surface area contributed by atoms with E-state index in [-0.39, 0.29) is 0 Å². The van der Waals surface area contributed by atoms with Gasteiger partial charge in [-0.15, -0.1) is 0 Å². The molecule has 74 valence electrons. The lowest BCUT2D eigenvalue weighted by Gasteiger charge is -2.24. The van der Waals surface area contributed by atoms with E-state index in [4.69, 9.17) is 4.43 Å². The summed E-state index contributed by atoms with van der Waals surface area (Å²) in [5.41, 5.74) is 0.538. The molecule has 0 amide bonds. The lowest BCUT2D eigenvalue weighted by atomic mass is 9.83. The fraction of sp³-hybridized carbons (Fsp3) is 1.00. The van der Waals surface area contributed by atoms with Gasteiger partial charge in [0.15, 0.2) is 0 Å². The molecular weight excluding hydrogens is 164 g/mol. The molecule has 0 aliphatic rings. The normalized spacial score (nSPS) is 12.2. The number of rotatable bonds is 7. The van der Waals surface area contributed by atoms with Gasteiger partial charge in [-0.05, 0) is 24.7 Å². The van der Waals surface area contributed by atoms with Crippen molar-refractivity contribution in [2.45, 2.75) is 52.9 Å². The summed E-state index contributed by atoms with van der Waals surface area (Å²) in [6.45, 7) is 7.98. The van der Waals surface area contributed by atoms with Gasteiger partial charge < -0.3 is 4.43 Å². The molecule has 12 heavy (non-hydrogen) atoms. The Balaban J connectivity index is 3.42. The molecule has 2 heteroatoms. The highest BCUT2D eigenvalue weighted by molar-refractivity contribution is 5.97. The third kappa shape index (κ3) is 6.86. The van der Waals surface area contributed by atoms with Crippen molar-refractivity contribution in [3.8, 4) is 0 Å². The van der Waals surface area contributed by atoms with E-state index in [1.165, 1.54) is 32.1 Å². The first-order valence-corrected chi connectivity index (χ1v) is 5.93. The Labute approximate surface area is 80.4 Å². The molecule has 0 rings (SSSR count). The highest BCUT2D eigenvalue weighted by Crippen LogP contribution is 2.28. The lowest BCUT2D eigenvalue weighted by molar-refractivity contribution is 0.251. The molecule has 0 radical (unpaired) electrons. The molecule has 0 aliphatic carbocycles. The van der Waals surface area contributed by atoms with Crippen LogP contribution >= 0.6 is 0 Å². The first-order chi connectivity index (χ1) is 5.62. The molecule has 0 saturated carbocycles. The largest absolute Gasteiger partial charge is 0.428 e. The fourth-order valence-electron chi connectivity index (χ4n) is 1.48. The molecule has 0 spiro atoms. The van der Waals surface area contributed by atoms with Crippen LogP contribution in [-0.2, 0) is 4.43 Å². The van der Waals surface area contributed by atoms with Crippen LogP contribution in [0.5, 0.6) is 0 Å². The van der Waals surface area contributed by atoms with Crippen LogP contribution in [0.25, 0.3) is 0 Å². The first kappa shape index (κ1) is 12.2. The number of hydrogen-bond acceptors (Lipinski definition) is 1.